The van der Waals surface area contributed by atoms with Crippen LogP contribution in [-0.4, -0.2) is 62.5 Å². The Hall–Kier alpha value is -4.38. The van der Waals surface area contributed by atoms with Gasteiger partial charge in [-0.2, -0.15) is 0 Å². The molecule has 5 aromatic rings. The number of aromatic nitrogens is 5. The molecule has 2 N–H and O–H groups in total. The smallest absolute Gasteiger partial charge is 0.229 e. The molecule has 6 rings (SSSR count). The van der Waals surface area contributed by atoms with Crippen molar-refractivity contribution in [3.05, 3.63) is 77.0 Å². The third-order valence-electron chi connectivity index (χ3n) is 7.12. The van der Waals surface area contributed by atoms with Crippen molar-refractivity contribution < 1.29 is 8.78 Å². The van der Waals surface area contributed by atoms with E-state index in [1.807, 2.05) is 12.1 Å². The molecule has 0 spiro atoms. The highest BCUT2D eigenvalue weighted by Crippen LogP contribution is 2.28. The predicted molar refractivity (Wildman–Crippen MR) is 143 cm³/mol. The molecule has 194 valence electrons. The van der Waals surface area contributed by atoms with Crippen LogP contribution in [0.15, 0.2) is 59.9 Å². The van der Waals surface area contributed by atoms with Gasteiger partial charge in [0, 0.05) is 43.2 Å². The molecule has 1 aliphatic rings. The van der Waals surface area contributed by atoms with Crippen molar-refractivity contribution in [2.45, 2.75) is 18.9 Å². The molecule has 0 aliphatic carbocycles. The minimum Gasteiger partial charge on any atom is -0.370 e. The topological polar surface area (TPSA) is 94.4 Å². The Morgan fingerprint density at radius 1 is 1.05 bits per heavy atom. The molecule has 38 heavy (non-hydrogen) atoms. The maximum atomic E-state index is 15.0. The van der Waals surface area contributed by atoms with E-state index in [0.717, 1.165) is 43.9 Å². The van der Waals surface area contributed by atoms with Crippen molar-refractivity contribution in [3.8, 4) is 11.3 Å². The summed E-state index contributed by atoms with van der Waals surface area (Å²) in [7, 11) is 4.23. The lowest BCUT2D eigenvalue weighted by Gasteiger charge is -2.36. The molecule has 9 nitrogen and oxygen atoms in total. The second-order valence-corrected chi connectivity index (χ2v) is 9.67. The summed E-state index contributed by atoms with van der Waals surface area (Å²) in [5, 5.41) is 2.93. The maximum absolute atomic E-state index is 15.0. The Balaban J connectivity index is 1.27. The summed E-state index contributed by atoms with van der Waals surface area (Å²) in [6, 6.07) is 8.38. The van der Waals surface area contributed by atoms with E-state index in [1.165, 1.54) is 6.07 Å². The summed E-state index contributed by atoms with van der Waals surface area (Å²) >= 11 is 0. The Bertz CT molecular complexity index is 1690. The number of piperidine rings is 1. The van der Waals surface area contributed by atoms with Crippen molar-refractivity contribution >= 4 is 34.0 Å². The highest BCUT2D eigenvalue weighted by atomic mass is 19.1. The number of hydrogen-bond donors (Lipinski definition) is 2. The van der Waals surface area contributed by atoms with Crippen LogP contribution in [0.2, 0.25) is 0 Å². The van der Waals surface area contributed by atoms with Crippen LogP contribution in [0.1, 0.15) is 12.8 Å². The SMILES string of the molecule is CN(C)C1CCN(c2ccc(Nc3ncc(F)c(-c4cc(F)c5c(=O)cc6[nH]ccn6c5c4)n3)nc2)CC1. The largest absolute Gasteiger partial charge is 0.370 e. The summed E-state index contributed by atoms with van der Waals surface area (Å²) < 4.78 is 31.5. The van der Waals surface area contributed by atoms with Gasteiger partial charge in [0.25, 0.3) is 0 Å². The lowest BCUT2D eigenvalue weighted by Crippen LogP contribution is -2.42. The van der Waals surface area contributed by atoms with Gasteiger partial charge in [-0.25, -0.2) is 23.7 Å². The monoisotopic (exact) mass is 516 g/mol. The van der Waals surface area contributed by atoms with Gasteiger partial charge in [-0.1, -0.05) is 0 Å². The van der Waals surface area contributed by atoms with Gasteiger partial charge < -0.3 is 24.5 Å². The van der Waals surface area contributed by atoms with Crippen LogP contribution in [0.25, 0.3) is 27.8 Å². The molecule has 0 atom stereocenters. The summed E-state index contributed by atoms with van der Waals surface area (Å²) in [5.41, 5.74) is 1.47. The molecule has 0 amide bonds. The average Bonchev–Trinajstić information content (AvgIpc) is 3.39. The first-order valence-electron chi connectivity index (χ1n) is 12.4. The summed E-state index contributed by atoms with van der Waals surface area (Å²) in [6.45, 7) is 1.93. The van der Waals surface area contributed by atoms with Crippen molar-refractivity contribution in [2.75, 3.05) is 37.4 Å². The highest BCUT2D eigenvalue weighted by molar-refractivity contribution is 5.87. The molecule has 0 unspecified atom stereocenters. The van der Waals surface area contributed by atoms with Gasteiger partial charge in [-0.3, -0.25) is 4.79 Å². The van der Waals surface area contributed by atoms with Crippen LogP contribution in [0, 0.1) is 11.6 Å². The molecule has 1 aliphatic heterocycles. The quantitative estimate of drug-likeness (QED) is 0.362. The number of fused-ring (bicyclic) bond motifs is 3. The van der Waals surface area contributed by atoms with E-state index in [2.05, 4.69) is 49.1 Å². The number of rotatable bonds is 5. The van der Waals surface area contributed by atoms with Crippen LogP contribution in [0.3, 0.4) is 0 Å². The number of anilines is 3. The third-order valence-corrected chi connectivity index (χ3v) is 7.12. The van der Waals surface area contributed by atoms with Crippen molar-refractivity contribution in [1.82, 2.24) is 29.2 Å². The normalized spacial score (nSPS) is 14.6. The Morgan fingerprint density at radius 2 is 1.87 bits per heavy atom. The summed E-state index contributed by atoms with van der Waals surface area (Å²) in [6.07, 6.45) is 8.32. The molecule has 0 radical (unpaired) electrons. The number of benzene rings is 1. The molecule has 1 fully saturated rings. The second kappa shape index (κ2) is 9.49. The fourth-order valence-electron chi connectivity index (χ4n) is 5.06. The van der Waals surface area contributed by atoms with E-state index in [1.54, 1.807) is 29.1 Å². The number of pyridine rings is 2. The third kappa shape index (κ3) is 4.34. The number of imidazole rings is 1. The van der Waals surface area contributed by atoms with E-state index in [-0.39, 0.29) is 22.6 Å². The number of nitrogens with zero attached hydrogens (tertiary/aromatic N) is 6. The number of H-pyrrole nitrogens is 1. The molecule has 0 bridgehead atoms. The van der Waals surface area contributed by atoms with Crippen molar-refractivity contribution in [1.29, 1.82) is 0 Å². The van der Waals surface area contributed by atoms with Crippen LogP contribution in [0.4, 0.5) is 26.2 Å². The minimum absolute atomic E-state index is 0.0751. The van der Waals surface area contributed by atoms with E-state index in [0.29, 0.717) is 23.0 Å². The lowest BCUT2D eigenvalue weighted by molar-refractivity contribution is 0.249. The number of hydrogen-bond acceptors (Lipinski definition) is 7. The zero-order valence-electron chi connectivity index (χ0n) is 20.9. The van der Waals surface area contributed by atoms with Gasteiger partial charge in [0.2, 0.25) is 5.95 Å². The fraction of sp³-hybridized carbons (Fsp3) is 0.259. The zero-order chi connectivity index (χ0) is 26.4. The van der Waals surface area contributed by atoms with Gasteiger partial charge >= 0.3 is 0 Å². The van der Waals surface area contributed by atoms with Gasteiger partial charge in [-0.15, -0.1) is 0 Å². The first kappa shape index (κ1) is 24.0. The van der Waals surface area contributed by atoms with Crippen molar-refractivity contribution in [2.24, 2.45) is 0 Å². The van der Waals surface area contributed by atoms with E-state index in [9.17, 15) is 9.18 Å². The molecule has 1 aromatic carbocycles. The van der Waals surface area contributed by atoms with Gasteiger partial charge in [0.1, 0.15) is 23.0 Å². The van der Waals surface area contributed by atoms with Gasteiger partial charge in [0.05, 0.1) is 29.0 Å². The highest BCUT2D eigenvalue weighted by Gasteiger charge is 2.21. The summed E-state index contributed by atoms with van der Waals surface area (Å²) in [5.74, 6) is -0.851. The number of halogens is 2. The number of aromatic amines is 1. The molecule has 11 heteroatoms. The first-order chi connectivity index (χ1) is 18.4. The standard InChI is InChI=1S/C27H26F2N8O/c1-35(2)17-5-8-36(9-6-17)18-3-4-23(31-14-18)33-27-32-15-20(29)26(34-27)16-11-19(28)25-21(12-16)37-10-7-30-24(37)13-22(25)38/h3-4,7,10-15,17,30H,5-6,8-9H2,1-2H3,(H,31,32,33,34). The van der Waals surface area contributed by atoms with Gasteiger partial charge in [-0.05, 0) is 51.2 Å². The second-order valence-electron chi connectivity index (χ2n) is 9.67. The fourth-order valence-corrected chi connectivity index (χ4v) is 5.06. The average molecular weight is 517 g/mol. The molecular weight excluding hydrogens is 490 g/mol. The maximum Gasteiger partial charge on any atom is 0.229 e. The molecule has 4 aromatic heterocycles. The molecule has 1 saturated heterocycles. The molecule has 5 heterocycles. The van der Waals surface area contributed by atoms with Gasteiger partial charge in [0.15, 0.2) is 11.2 Å². The van der Waals surface area contributed by atoms with E-state index >= 15 is 4.39 Å². The first-order valence-corrected chi connectivity index (χ1v) is 12.4. The number of nitrogens with one attached hydrogen (secondary N) is 2. The van der Waals surface area contributed by atoms with Crippen LogP contribution < -0.4 is 15.6 Å². The van der Waals surface area contributed by atoms with E-state index < -0.39 is 17.1 Å². The Kier molecular flexibility index (Phi) is 5.99. The zero-order valence-corrected chi connectivity index (χ0v) is 20.9. The molecular formula is C27H26F2N8O. The van der Waals surface area contributed by atoms with Crippen LogP contribution >= 0.6 is 0 Å². The van der Waals surface area contributed by atoms with Crippen molar-refractivity contribution in [3.63, 3.8) is 0 Å². The van der Waals surface area contributed by atoms with Crippen LogP contribution in [0.5, 0.6) is 0 Å². The van der Waals surface area contributed by atoms with E-state index in [4.69, 9.17) is 0 Å². The van der Waals surface area contributed by atoms with Crippen LogP contribution in [-0.2, 0) is 0 Å². The molecule has 0 saturated carbocycles. The predicted octanol–water partition coefficient (Wildman–Crippen LogP) is 4.19. The minimum atomic E-state index is -0.752. The Labute approximate surface area is 216 Å². The lowest BCUT2D eigenvalue weighted by atomic mass is 10.0. The Morgan fingerprint density at radius 3 is 2.61 bits per heavy atom. The summed E-state index contributed by atoms with van der Waals surface area (Å²) in [4.78, 5) is 32.8.